The Morgan fingerprint density at radius 2 is 1.82 bits per heavy atom. The third-order valence-corrected chi connectivity index (χ3v) is 3.53. The topological polar surface area (TPSA) is 65.4 Å². The lowest BCUT2D eigenvalue weighted by Gasteiger charge is -2.40. The van der Waals surface area contributed by atoms with Gasteiger partial charge < -0.3 is 20.4 Å². The van der Waals surface area contributed by atoms with Gasteiger partial charge in [0.25, 0.3) is 0 Å². The van der Waals surface area contributed by atoms with E-state index in [0.717, 1.165) is 30.8 Å². The van der Waals surface area contributed by atoms with Gasteiger partial charge in [-0.3, -0.25) is 0 Å². The molecule has 0 aliphatic carbocycles. The number of amides is 1. The van der Waals surface area contributed by atoms with Crippen LogP contribution in [0, 0.1) is 11.3 Å². The Kier molecular flexibility index (Phi) is 6.03. The molecule has 2 atom stereocenters. The number of allylic oxidation sites excluding steroid dienone is 2. The smallest absolute Gasteiger partial charge is 0.407 e. The second kappa shape index (κ2) is 7.16. The molecule has 1 amide bonds. The second-order valence-electron chi connectivity index (χ2n) is 7.56. The Hall–Kier alpha value is -1.52. The molecule has 1 saturated heterocycles. The average Bonchev–Trinajstić information content (AvgIpc) is 2.23. The van der Waals surface area contributed by atoms with Crippen LogP contribution in [0.4, 0.5) is 4.79 Å². The summed E-state index contributed by atoms with van der Waals surface area (Å²) in [7, 11) is 0. The predicted octanol–water partition coefficient (Wildman–Crippen LogP) is 3.56. The van der Waals surface area contributed by atoms with E-state index < -0.39 is 5.60 Å². The molecule has 1 aliphatic rings. The van der Waals surface area contributed by atoms with Crippen LogP contribution in [0.1, 0.15) is 54.9 Å². The normalized spacial score (nSPS) is 22.0. The minimum absolute atomic E-state index is 0.0484. The molecule has 2 N–H and O–H groups in total. The zero-order chi connectivity index (χ0) is 17.1. The van der Waals surface area contributed by atoms with Gasteiger partial charge in [0.1, 0.15) is 5.60 Å². The maximum Gasteiger partial charge on any atom is 0.407 e. The van der Waals surface area contributed by atoms with E-state index in [1.807, 2.05) is 41.5 Å². The van der Waals surface area contributed by atoms with E-state index in [2.05, 4.69) is 17.1 Å². The Balaban J connectivity index is 2.78. The summed E-state index contributed by atoms with van der Waals surface area (Å²) >= 11 is 0. The van der Waals surface area contributed by atoms with E-state index in [4.69, 9.17) is 10.1 Å². The van der Waals surface area contributed by atoms with Crippen molar-refractivity contribution >= 4 is 11.8 Å². The van der Waals surface area contributed by atoms with E-state index in [9.17, 15) is 4.79 Å². The van der Waals surface area contributed by atoms with Crippen LogP contribution in [0.2, 0.25) is 0 Å². The number of likely N-dealkylation sites (tertiary alicyclic amines) is 1. The van der Waals surface area contributed by atoms with Gasteiger partial charge in [-0.25, -0.2) is 4.79 Å². The first-order valence-corrected chi connectivity index (χ1v) is 7.97. The minimum atomic E-state index is -0.485. The lowest BCUT2D eigenvalue weighted by molar-refractivity contribution is 0.0468. The number of piperidine rings is 1. The van der Waals surface area contributed by atoms with E-state index in [1.165, 1.54) is 0 Å². The quantitative estimate of drug-likeness (QED) is 0.783. The van der Waals surface area contributed by atoms with Gasteiger partial charge in [0, 0.05) is 19.1 Å². The SMILES string of the molecule is CC(=N)C(=C(C)C)N1CC(C)CC(NC(=O)OC(C)(C)C)C1. The molecule has 0 saturated carbocycles. The predicted molar refractivity (Wildman–Crippen MR) is 90.3 cm³/mol. The van der Waals surface area contributed by atoms with Gasteiger partial charge in [-0.15, -0.1) is 0 Å². The van der Waals surface area contributed by atoms with Gasteiger partial charge in [-0.1, -0.05) is 12.5 Å². The Morgan fingerprint density at radius 3 is 2.27 bits per heavy atom. The fraction of sp³-hybridized carbons (Fsp3) is 0.765. The molecule has 1 aliphatic heterocycles. The number of ether oxygens (including phenoxy) is 1. The molecule has 1 rings (SSSR count). The Labute approximate surface area is 134 Å². The van der Waals surface area contributed by atoms with Crippen molar-refractivity contribution in [1.29, 1.82) is 5.41 Å². The number of carbonyl (C=O) groups is 1. The summed E-state index contributed by atoms with van der Waals surface area (Å²) in [5, 5.41) is 11.0. The Morgan fingerprint density at radius 1 is 1.23 bits per heavy atom. The highest BCUT2D eigenvalue weighted by Crippen LogP contribution is 2.23. The number of carbonyl (C=O) groups excluding carboxylic acids is 1. The number of rotatable bonds is 3. The number of hydrogen-bond acceptors (Lipinski definition) is 4. The van der Waals surface area contributed by atoms with E-state index in [0.29, 0.717) is 11.6 Å². The lowest BCUT2D eigenvalue weighted by atomic mass is 9.94. The minimum Gasteiger partial charge on any atom is -0.444 e. The van der Waals surface area contributed by atoms with Crippen molar-refractivity contribution < 1.29 is 9.53 Å². The molecule has 1 fully saturated rings. The molecule has 22 heavy (non-hydrogen) atoms. The van der Waals surface area contributed by atoms with E-state index in [-0.39, 0.29) is 12.1 Å². The zero-order valence-corrected chi connectivity index (χ0v) is 15.0. The average molecular weight is 309 g/mol. The van der Waals surface area contributed by atoms with Gasteiger partial charge in [0.2, 0.25) is 0 Å². The van der Waals surface area contributed by atoms with Crippen LogP contribution < -0.4 is 5.32 Å². The van der Waals surface area contributed by atoms with Gasteiger partial charge in [0.15, 0.2) is 0 Å². The monoisotopic (exact) mass is 309 g/mol. The molecule has 126 valence electrons. The van der Waals surface area contributed by atoms with Gasteiger partial charge >= 0.3 is 6.09 Å². The highest BCUT2D eigenvalue weighted by atomic mass is 16.6. The molecule has 0 bridgehead atoms. The first-order valence-electron chi connectivity index (χ1n) is 7.97. The third-order valence-electron chi connectivity index (χ3n) is 3.53. The van der Waals surface area contributed by atoms with Crippen LogP contribution in [-0.4, -0.2) is 41.4 Å². The Bertz CT molecular complexity index is 459. The molecular weight excluding hydrogens is 278 g/mol. The lowest BCUT2D eigenvalue weighted by Crippen LogP contribution is -2.51. The summed E-state index contributed by atoms with van der Waals surface area (Å²) in [6.07, 6.45) is 0.569. The molecule has 5 heteroatoms. The molecule has 0 aromatic heterocycles. The van der Waals surface area contributed by atoms with Crippen LogP contribution >= 0.6 is 0 Å². The summed E-state index contributed by atoms with van der Waals surface area (Å²) in [5.74, 6) is 0.461. The van der Waals surface area contributed by atoms with Crippen LogP contribution in [0.15, 0.2) is 11.3 Å². The van der Waals surface area contributed by atoms with Gasteiger partial charge in [-0.2, -0.15) is 0 Å². The molecule has 0 aromatic carbocycles. The van der Waals surface area contributed by atoms with E-state index >= 15 is 0 Å². The molecule has 0 radical (unpaired) electrons. The molecule has 0 spiro atoms. The van der Waals surface area contributed by atoms with E-state index in [1.54, 1.807) is 0 Å². The van der Waals surface area contributed by atoms with Crippen LogP contribution in [-0.2, 0) is 4.74 Å². The van der Waals surface area contributed by atoms with Crippen molar-refractivity contribution in [2.75, 3.05) is 13.1 Å². The molecule has 0 aromatic rings. The fourth-order valence-corrected chi connectivity index (χ4v) is 3.04. The molecule has 5 nitrogen and oxygen atoms in total. The number of nitrogens with one attached hydrogen (secondary N) is 2. The third kappa shape index (κ3) is 5.70. The number of hydrogen-bond donors (Lipinski definition) is 2. The van der Waals surface area contributed by atoms with Crippen molar-refractivity contribution in [3.8, 4) is 0 Å². The fourth-order valence-electron chi connectivity index (χ4n) is 3.04. The molecule has 1 heterocycles. The first-order chi connectivity index (χ1) is 9.99. The maximum absolute atomic E-state index is 12.0. The highest BCUT2D eigenvalue weighted by Gasteiger charge is 2.29. The van der Waals surface area contributed by atoms with Gasteiger partial charge in [-0.05, 0) is 53.9 Å². The van der Waals surface area contributed by atoms with Crippen LogP contribution in [0.5, 0.6) is 0 Å². The second-order valence-corrected chi connectivity index (χ2v) is 7.56. The highest BCUT2D eigenvalue weighted by molar-refractivity contribution is 5.95. The summed E-state index contributed by atoms with van der Waals surface area (Å²) in [6.45, 7) is 15.3. The summed E-state index contributed by atoms with van der Waals surface area (Å²) in [5.41, 5.74) is 2.21. The molecule has 2 unspecified atom stereocenters. The zero-order valence-electron chi connectivity index (χ0n) is 15.0. The summed E-state index contributed by atoms with van der Waals surface area (Å²) in [4.78, 5) is 14.2. The molecular formula is C17H31N3O2. The number of alkyl carbamates (subject to hydrolysis) is 1. The van der Waals surface area contributed by atoms with Crippen molar-refractivity contribution in [2.24, 2.45) is 5.92 Å². The largest absolute Gasteiger partial charge is 0.444 e. The van der Waals surface area contributed by atoms with Crippen molar-refractivity contribution in [3.63, 3.8) is 0 Å². The number of nitrogens with zero attached hydrogens (tertiary/aromatic N) is 1. The van der Waals surface area contributed by atoms with Crippen molar-refractivity contribution in [2.45, 2.75) is 66.5 Å². The maximum atomic E-state index is 12.0. The van der Waals surface area contributed by atoms with Crippen molar-refractivity contribution in [3.05, 3.63) is 11.3 Å². The van der Waals surface area contributed by atoms with Crippen LogP contribution in [0.25, 0.3) is 0 Å². The summed E-state index contributed by atoms with van der Waals surface area (Å²) in [6, 6.07) is 0.0484. The summed E-state index contributed by atoms with van der Waals surface area (Å²) < 4.78 is 5.34. The first kappa shape index (κ1) is 18.5. The van der Waals surface area contributed by atoms with Crippen molar-refractivity contribution in [1.82, 2.24) is 10.2 Å². The van der Waals surface area contributed by atoms with Gasteiger partial charge in [0.05, 0.1) is 11.4 Å². The van der Waals surface area contributed by atoms with Crippen LogP contribution in [0.3, 0.4) is 0 Å². The standard InChI is InChI=1S/C17H31N3O2/c1-11(2)15(13(4)18)20-9-12(3)8-14(10-20)19-16(21)22-17(5,6)7/h12,14,18H,8-10H2,1-7H3,(H,19,21).